The molecule has 0 bridgehead atoms. The zero-order valence-corrected chi connectivity index (χ0v) is 26.0. The van der Waals surface area contributed by atoms with Crippen LogP contribution in [0.15, 0.2) is 83.8 Å². The molecule has 4 aromatic rings. The van der Waals surface area contributed by atoms with E-state index in [0.29, 0.717) is 40.9 Å². The van der Waals surface area contributed by atoms with Gasteiger partial charge in [0, 0.05) is 28.9 Å². The van der Waals surface area contributed by atoms with Gasteiger partial charge in [0.25, 0.3) is 0 Å². The largest absolute Gasteiger partial charge is 0.495 e. The van der Waals surface area contributed by atoms with E-state index in [2.05, 4.69) is 22.0 Å². The van der Waals surface area contributed by atoms with Crippen molar-refractivity contribution in [2.75, 3.05) is 29.6 Å². The summed E-state index contributed by atoms with van der Waals surface area (Å²) in [6.07, 6.45) is 0.592. The molecule has 1 aliphatic rings. The van der Waals surface area contributed by atoms with Crippen molar-refractivity contribution in [3.63, 3.8) is 0 Å². The molecule has 1 unspecified atom stereocenters. The Morgan fingerprint density at radius 3 is 2.56 bits per heavy atom. The number of benzene rings is 3. The second-order valence-corrected chi connectivity index (χ2v) is 12.4. The van der Waals surface area contributed by atoms with Crippen LogP contribution in [0.3, 0.4) is 0 Å². The summed E-state index contributed by atoms with van der Waals surface area (Å²) in [5, 5.41) is 19.7. The van der Waals surface area contributed by atoms with Gasteiger partial charge in [0.15, 0.2) is 5.11 Å². The summed E-state index contributed by atoms with van der Waals surface area (Å²) < 4.78 is 5.39. The van der Waals surface area contributed by atoms with Crippen LogP contribution in [0.2, 0.25) is 0 Å². The van der Waals surface area contributed by atoms with Crippen molar-refractivity contribution in [1.82, 2.24) is 4.90 Å². The van der Waals surface area contributed by atoms with Crippen molar-refractivity contribution in [3.8, 4) is 11.8 Å². The van der Waals surface area contributed by atoms with E-state index in [1.165, 1.54) is 23.1 Å². The lowest BCUT2D eigenvalue weighted by molar-refractivity contribution is -0.129. The molecule has 1 aromatic heterocycles. The number of carbonyl (C=O) groups is 2. The highest BCUT2D eigenvalue weighted by Gasteiger charge is 2.29. The van der Waals surface area contributed by atoms with Crippen LogP contribution >= 0.6 is 35.3 Å². The van der Waals surface area contributed by atoms with Crippen LogP contribution in [-0.4, -0.2) is 35.5 Å². The van der Waals surface area contributed by atoms with E-state index < -0.39 is 5.25 Å². The van der Waals surface area contributed by atoms with Gasteiger partial charge in [-0.15, -0.1) is 23.1 Å². The minimum atomic E-state index is -0.588. The summed E-state index contributed by atoms with van der Waals surface area (Å²) in [5.41, 5.74) is 3.74. The topological polar surface area (TPSA) is 106 Å². The Hall–Kier alpha value is -4.37. The smallest absolute Gasteiger partial charge is 0.243 e. The minimum absolute atomic E-state index is 0.00302. The molecule has 5 rings (SSSR count). The van der Waals surface area contributed by atoms with Gasteiger partial charge in [-0.2, -0.15) is 5.26 Å². The molecule has 0 radical (unpaired) electrons. The SMILES string of the molecule is COc1ccccc1NC(=S)Nc1cccc(SC(C(=O)Nc2sc3c(c2C#N)CCN(C(C)=O)C3)c2ccccc2)c1. The lowest BCUT2D eigenvalue weighted by atomic mass is 10.0. The van der Waals surface area contributed by atoms with Gasteiger partial charge in [0.1, 0.15) is 22.1 Å². The Balaban J connectivity index is 1.34. The van der Waals surface area contributed by atoms with Crippen molar-refractivity contribution in [3.05, 3.63) is 100 Å². The molecule has 8 nitrogen and oxygen atoms in total. The number of nitriles is 1. The number of ether oxygens (including phenoxy) is 1. The van der Waals surface area contributed by atoms with E-state index in [9.17, 15) is 14.9 Å². The van der Waals surface area contributed by atoms with Gasteiger partial charge in [-0.1, -0.05) is 48.5 Å². The van der Waals surface area contributed by atoms with E-state index in [0.717, 1.165) is 32.3 Å². The second kappa shape index (κ2) is 13.7. The summed E-state index contributed by atoms with van der Waals surface area (Å²) in [7, 11) is 1.60. The van der Waals surface area contributed by atoms with Crippen molar-refractivity contribution >= 4 is 68.6 Å². The molecule has 1 atom stereocenters. The highest BCUT2D eigenvalue weighted by atomic mass is 32.2. The number of thioether (sulfide) groups is 1. The van der Waals surface area contributed by atoms with Crippen LogP contribution < -0.4 is 20.7 Å². The highest BCUT2D eigenvalue weighted by molar-refractivity contribution is 8.00. The van der Waals surface area contributed by atoms with Gasteiger partial charge < -0.3 is 25.6 Å². The Kier molecular flexibility index (Phi) is 9.61. The molecule has 0 saturated carbocycles. The van der Waals surface area contributed by atoms with Gasteiger partial charge in [0.05, 0.1) is 24.9 Å². The monoisotopic (exact) mass is 627 g/mol. The maximum atomic E-state index is 13.8. The first kappa shape index (κ1) is 30.1. The number of thiocarbonyl (C=S) groups is 1. The fraction of sp³-hybridized carbons (Fsp3) is 0.188. The summed E-state index contributed by atoms with van der Waals surface area (Å²) in [5.74, 6) is 0.438. The molecule has 3 N–H and O–H groups in total. The number of amides is 2. The predicted octanol–water partition coefficient (Wildman–Crippen LogP) is 6.81. The minimum Gasteiger partial charge on any atom is -0.495 e. The van der Waals surface area contributed by atoms with Gasteiger partial charge in [-0.05, 0) is 60.1 Å². The normalized spacial score (nSPS) is 12.8. The third kappa shape index (κ3) is 7.17. The van der Waals surface area contributed by atoms with Gasteiger partial charge in [0.2, 0.25) is 11.8 Å². The average Bonchev–Trinajstić information content (AvgIpc) is 3.36. The van der Waals surface area contributed by atoms with Crippen LogP contribution in [0.25, 0.3) is 0 Å². The zero-order valence-electron chi connectivity index (χ0n) is 23.5. The molecule has 3 aromatic carbocycles. The number of para-hydroxylation sites is 2. The average molecular weight is 628 g/mol. The Labute approximate surface area is 264 Å². The number of nitrogens with zero attached hydrogens (tertiary/aromatic N) is 2. The third-order valence-corrected chi connectivity index (χ3v) is 9.48. The third-order valence-electron chi connectivity index (χ3n) is 6.89. The summed E-state index contributed by atoms with van der Waals surface area (Å²) >= 11 is 8.31. The Bertz CT molecular complexity index is 1700. The predicted molar refractivity (Wildman–Crippen MR) is 177 cm³/mol. The second-order valence-electron chi connectivity index (χ2n) is 9.72. The van der Waals surface area contributed by atoms with E-state index in [-0.39, 0.29) is 11.8 Å². The fourth-order valence-corrected chi connectivity index (χ4v) is 7.30. The van der Waals surface area contributed by atoms with Gasteiger partial charge >= 0.3 is 0 Å². The van der Waals surface area contributed by atoms with Crippen LogP contribution in [0.1, 0.15) is 33.7 Å². The number of anilines is 3. The molecule has 2 heterocycles. The standard InChI is InChI=1S/C32H29N5O3S3/c1-20(38)37-16-15-24-25(18-33)31(43-28(24)19-37)36-30(39)29(21-9-4-3-5-10-21)42-23-12-8-11-22(17-23)34-32(41)35-26-13-6-7-14-27(26)40-2/h3-14,17,29H,15-16,19H2,1-2H3,(H,36,39)(H2,34,35,41). The first-order valence-corrected chi connectivity index (χ1v) is 15.6. The molecule has 0 fully saturated rings. The maximum Gasteiger partial charge on any atom is 0.243 e. The van der Waals surface area contributed by atoms with Crippen molar-refractivity contribution < 1.29 is 14.3 Å². The van der Waals surface area contributed by atoms with Crippen molar-refractivity contribution in [2.24, 2.45) is 0 Å². The molecule has 1 aliphatic heterocycles. The molecule has 218 valence electrons. The number of thiophene rings is 1. The van der Waals surface area contributed by atoms with E-state index in [1.807, 2.05) is 78.9 Å². The summed E-state index contributed by atoms with van der Waals surface area (Å²) in [6.45, 7) is 2.55. The van der Waals surface area contributed by atoms with Crippen LogP contribution in [0.4, 0.5) is 16.4 Å². The Morgan fingerprint density at radius 1 is 1.05 bits per heavy atom. The number of methoxy groups -OCH3 is 1. The van der Waals surface area contributed by atoms with E-state index in [1.54, 1.807) is 18.9 Å². The van der Waals surface area contributed by atoms with Gasteiger partial charge in [-0.3, -0.25) is 9.59 Å². The lowest BCUT2D eigenvalue weighted by Gasteiger charge is -2.25. The first-order chi connectivity index (χ1) is 20.9. The van der Waals surface area contributed by atoms with Crippen molar-refractivity contribution in [1.29, 1.82) is 5.26 Å². The van der Waals surface area contributed by atoms with Gasteiger partial charge in [-0.25, -0.2) is 0 Å². The molecular weight excluding hydrogens is 599 g/mol. The van der Waals surface area contributed by atoms with Crippen molar-refractivity contribution in [2.45, 2.75) is 30.0 Å². The zero-order chi connectivity index (χ0) is 30.3. The van der Waals surface area contributed by atoms with E-state index >= 15 is 0 Å². The number of hydrogen-bond acceptors (Lipinski definition) is 7. The molecule has 43 heavy (non-hydrogen) atoms. The quantitative estimate of drug-likeness (QED) is 0.144. The highest BCUT2D eigenvalue weighted by Crippen LogP contribution is 2.40. The summed E-state index contributed by atoms with van der Waals surface area (Å²) in [6, 6.07) is 27.0. The molecule has 2 amide bonds. The van der Waals surface area contributed by atoms with Crippen LogP contribution in [0, 0.1) is 11.3 Å². The first-order valence-electron chi connectivity index (χ1n) is 13.5. The number of carbonyl (C=O) groups excluding carboxylic acids is 2. The van der Waals surface area contributed by atoms with Crippen LogP contribution in [0.5, 0.6) is 5.75 Å². The number of hydrogen-bond donors (Lipinski definition) is 3. The molecule has 0 aliphatic carbocycles. The molecule has 11 heteroatoms. The number of nitrogens with one attached hydrogen (secondary N) is 3. The Morgan fingerprint density at radius 2 is 1.81 bits per heavy atom. The molecule has 0 saturated heterocycles. The summed E-state index contributed by atoms with van der Waals surface area (Å²) in [4.78, 5) is 29.3. The van der Waals surface area contributed by atoms with E-state index in [4.69, 9.17) is 17.0 Å². The number of rotatable bonds is 8. The number of fused-ring (bicyclic) bond motifs is 1. The van der Waals surface area contributed by atoms with Crippen LogP contribution in [-0.2, 0) is 22.6 Å². The lowest BCUT2D eigenvalue weighted by Crippen LogP contribution is -2.33. The molecule has 0 spiro atoms. The maximum absolute atomic E-state index is 13.8. The fourth-order valence-electron chi connectivity index (χ4n) is 4.77. The molecular formula is C32H29N5O3S3.